The summed E-state index contributed by atoms with van der Waals surface area (Å²) < 4.78 is 0. The zero-order chi connectivity index (χ0) is 13.1. The molecule has 94 valence electrons. The second-order valence-electron chi connectivity index (χ2n) is 4.74. The summed E-state index contributed by atoms with van der Waals surface area (Å²) in [7, 11) is 2.03. The van der Waals surface area contributed by atoms with E-state index in [0.29, 0.717) is 0 Å². The lowest BCUT2D eigenvalue weighted by Gasteiger charge is -2.19. The van der Waals surface area contributed by atoms with Gasteiger partial charge in [0.1, 0.15) is 5.82 Å². The van der Waals surface area contributed by atoms with Crippen molar-refractivity contribution in [1.82, 2.24) is 4.98 Å². The number of rotatable bonds is 3. The number of pyridine rings is 1. The van der Waals surface area contributed by atoms with Crippen molar-refractivity contribution >= 4 is 11.5 Å². The van der Waals surface area contributed by atoms with Crippen LogP contribution in [0.2, 0.25) is 0 Å². The topological polar surface area (TPSA) is 42.1 Å². The van der Waals surface area contributed by atoms with Crippen LogP contribution >= 0.6 is 0 Å². The first kappa shape index (κ1) is 12.4. The molecule has 0 spiro atoms. The van der Waals surface area contributed by atoms with Crippen molar-refractivity contribution in [2.45, 2.75) is 20.4 Å². The predicted molar refractivity (Wildman–Crippen MR) is 76.7 cm³/mol. The minimum atomic E-state index is 0.788. The molecular weight excluding hydrogens is 222 g/mol. The molecule has 0 radical (unpaired) electrons. The van der Waals surface area contributed by atoms with Crippen LogP contribution < -0.4 is 10.6 Å². The first-order valence-corrected chi connectivity index (χ1v) is 6.05. The maximum Gasteiger partial charge on any atom is 0.130 e. The van der Waals surface area contributed by atoms with Gasteiger partial charge in [0.15, 0.2) is 0 Å². The van der Waals surface area contributed by atoms with Gasteiger partial charge in [-0.1, -0.05) is 29.8 Å². The molecule has 2 rings (SSSR count). The van der Waals surface area contributed by atoms with Gasteiger partial charge in [0.05, 0.1) is 0 Å². The Kier molecular flexibility index (Phi) is 3.51. The maximum atomic E-state index is 5.91. The van der Waals surface area contributed by atoms with Crippen molar-refractivity contribution in [1.29, 1.82) is 0 Å². The first-order valence-electron chi connectivity index (χ1n) is 6.05. The number of aryl methyl sites for hydroxylation is 2. The van der Waals surface area contributed by atoms with E-state index in [1.54, 1.807) is 0 Å². The fourth-order valence-electron chi connectivity index (χ4n) is 1.90. The summed E-state index contributed by atoms with van der Waals surface area (Å²) in [5, 5.41) is 0. The number of aromatic nitrogens is 1. The molecule has 0 saturated carbocycles. The van der Waals surface area contributed by atoms with Crippen LogP contribution in [0.4, 0.5) is 11.5 Å². The van der Waals surface area contributed by atoms with Gasteiger partial charge in [-0.3, -0.25) is 0 Å². The van der Waals surface area contributed by atoms with Crippen molar-refractivity contribution in [3.63, 3.8) is 0 Å². The normalized spacial score (nSPS) is 10.4. The molecule has 1 aromatic carbocycles. The van der Waals surface area contributed by atoms with Gasteiger partial charge in [0, 0.05) is 31.5 Å². The first-order chi connectivity index (χ1) is 8.56. The molecule has 3 heteroatoms. The lowest BCUT2D eigenvalue weighted by molar-refractivity contribution is 0.896. The minimum absolute atomic E-state index is 0.788. The second kappa shape index (κ2) is 5.08. The number of nitrogens with two attached hydrogens (primary N) is 1. The molecule has 0 amide bonds. The molecule has 1 heterocycles. The molecule has 0 atom stereocenters. The quantitative estimate of drug-likeness (QED) is 0.898. The molecule has 0 bridgehead atoms. The third-order valence-electron chi connectivity index (χ3n) is 3.02. The zero-order valence-corrected chi connectivity index (χ0v) is 11.1. The third kappa shape index (κ3) is 2.80. The van der Waals surface area contributed by atoms with Crippen LogP contribution in [0.25, 0.3) is 0 Å². The average Bonchev–Trinajstić information content (AvgIpc) is 2.32. The lowest BCUT2D eigenvalue weighted by atomic mass is 10.1. The number of benzene rings is 1. The Labute approximate surface area is 108 Å². The van der Waals surface area contributed by atoms with Crippen molar-refractivity contribution in [2.24, 2.45) is 0 Å². The molecule has 18 heavy (non-hydrogen) atoms. The van der Waals surface area contributed by atoms with Gasteiger partial charge in [0.2, 0.25) is 0 Å². The van der Waals surface area contributed by atoms with Crippen LogP contribution in [0.15, 0.2) is 36.5 Å². The van der Waals surface area contributed by atoms with E-state index in [0.717, 1.165) is 23.6 Å². The molecule has 0 unspecified atom stereocenters. The number of nitrogen functional groups attached to an aromatic ring is 1. The van der Waals surface area contributed by atoms with Gasteiger partial charge in [-0.2, -0.15) is 0 Å². The van der Waals surface area contributed by atoms with Crippen LogP contribution in [0.3, 0.4) is 0 Å². The number of hydrogen-bond acceptors (Lipinski definition) is 3. The minimum Gasteiger partial charge on any atom is -0.398 e. The smallest absolute Gasteiger partial charge is 0.130 e. The van der Waals surface area contributed by atoms with E-state index in [1.165, 1.54) is 11.1 Å². The highest BCUT2D eigenvalue weighted by atomic mass is 15.2. The Morgan fingerprint density at radius 1 is 1.22 bits per heavy atom. The Hall–Kier alpha value is -2.03. The van der Waals surface area contributed by atoms with E-state index in [4.69, 9.17) is 5.73 Å². The SMILES string of the molecule is Cc1cccc(CN(C)c2cc(N)c(C)cn2)c1. The van der Waals surface area contributed by atoms with Gasteiger partial charge < -0.3 is 10.6 Å². The molecule has 2 aromatic rings. The Balaban J connectivity index is 2.16. The Bertz CT molecular complexity index is 549. The molecular formula is C15H19N3. The third-order valence-corrected chi connectivity index (χ3v) is 3.02. The van der Waals surface area contributed by atoms with E-state index in [9.17, 15) is 0 Å². The molecule has 2 N–H and O–H groups in total. The zero-order valence-electron chi connectivity index (χ0n) is 11.1. The van der Waals surface area contributed by atoms with Gasteiger partial charge >= 0.3 is 0 Å². The summed E-state index contributed by atoms with van der Waals surface area (Å²) >= 11 is 0. The summed E-state index contributed by atoms with van der Waals surface area (Å²) in [5.74, 6) is 0.902. The van der Waals surface area contributed by atoms with Crippen LogP contribution in [-0.4, -0.2) is 12.0 Å². The van der Waals surface area contributed by atoms with Gasteiger partial charge in [-0.05, 0) is 25.0 Å². The Morgan fingerprint density at radius 2 is 2.00 bits per heavy atom. The summed E-state index contributed by atoms with van der Waals surface area (Å²) in [6.07, 6.45) is 1.82. The summed E-state index contributed by atoms with van der Waals surface area (Å²) in [5.41, 5.74) is 10.3. The van der Waals surface area contributed by atoms with E-state index >= 15 is 0 Å². The second-order valence-corrected chi connectivity index (χ2v) is 4.74. The summed E-state index contributed by atoms with van der Waals surface area (Å²) in [6, 6.07) is 10.4. The van der Waals surface area contributed by atoms with Crippen LogP contribution in [0.5, 0.6) is 0 Å². The Morgan fingerprint density at radius 3 is 2.67 bits per heavy atom. The van der Waals surface area contributed by atoms with Crippen molar-refractivity contribution in [3.8, 4) is 0 Å². The lowest BCUT2D eigenvalue weighted by Crippen LogP contribution is -2.18. The molecule has 0 aliphatic rings. The molecule has 0 fully saturated rings. The average molecular weight is 241 g/mol. The molecule has 3 nitrogen and oxygen atoms in total. The summed E-state index contributed by atoms with van der Waals surface area (Å²) in [6.45, 7) is 4.90. The standard InChI is InChI=1S/C15H19N3/c1-11-5-4-6-13(7-11)10-18(3)15-8-14(16)12(2)9-17-15/h4-9H,10H2,1-3H3,(H2,16,17). The van der Waals surface area contributed by atoms with E-state index in [2.05, 4.69) is 41.1 Å². The summed E-state index contributed by atoms with van der Waals surface area (Å²) in [4.78, 5) is 6.51. The fourth-order valence-corrected chi connectivity index (χ4v) is 1.90. The van der Waals surface area contributed by atoms with E-state index < -0.39 is 0 Å². The number of anilines is 2. The van der Waals surface area contributed by atoms with Crippen LogP contribution in [0.1, 0.15) is 16.7 Å². The number of hydrogen-bond donors (Lipinski definition) is 1. The van der Waals surface area contributed by atoms with Crippen molar-refractivity contribution < 1.29 is 0 Å². The predicted octanol–water partition coefficient (Wildman–Crippen LogP) is 2.92. The molecule has 0 aliphatic heterocycles. The van der Waals surface area contributed by atoms with E-state index in [1.807, 2.05) is 26.2 Å². The molecule has 0 saturated heterocycles. The van der Waals surface area contributed by atoms with Gasteiger partial charge in [-0.15, -0.1) is 0 Å². The van der Waals surface area contributed by atoms with Crippen molar-refractivity contribution in [3.05, 3.63) is 53.2 Å². The maximum absolute atomic E-state index is 5.91. The largest absolute Gasteiger partial charge is 0.398 e. The molecule has 0 aliphatic carbocycles. The highest BCUT2D eigenvalue weighted by Crippen LogP contribution is 2.18. The number of nitrogens with zero attached hydrogens (tertiary/aromatic N) is 2. The van der Waals surface area contributed by atoms with Gasteiger partial charge in [0.25, 0.3) is 0 Å². The molecule has 1 aromatic heterocycles. The fraction of sp³-hybridized carbons (Fsp3) is 0.267. The highest BCUT2D eigenvalue weighted by molar-refractivity contribution is 5.54. The van der Waals surface area contributed by atoms with E-state index in [-0.39, 0.29) is 0 Å². The van der Waals surface area contributed by atoms with Crippen molar-refractivity contribution in [2.75, 3.05) is 17.7 Å². The highest BCUT2D eigenvalue weighted by Gasteiger charge is 2.05. The van der Waals surface area contributed by atoms with Crippen LogP contribution in [-0.2, 0) is 6.54 Å². The monoisotopic (exact) mass is 241 g/mol. The van der Waals surface area contributed by atoms with Gasteiger partial charge in [-0.25, -0.2) is 4.98 Å². The van der Waals surface area contributed by atoms with Crippen LogP contribution in [0, 0.1) is 13.8 Å².